The normalized spacial score (nSPS) is 14.0. The van der Waals surface area contributed by atoms with Crippen molar-refractivity contribution in [2.45, 2.75) is 19.4 Å². The van der Waals surface area contributed by atoms with Crippen LogP contribution >= 0.6 is 0 Å². The third-order valence-corrected chi connectivity index (χ3v) is 4.19. The van der Waals surface area contributed by atoms with E-state index in [2.05, 4.69) is 15.5 Å². The molecule has 2 aromatic carbocycles. The average molecular weight is 321 g/mol. The van der Waals surface area contributed by atoms with E-state index in [1.807, 2.05) is 48.5 Å². The summed E-state index contributed by atoms with van der Waals surface area (Å²) in [5.74, 6) is 0.532. The Balaban J connectivity index is 1.45. The number of benzene rings is 2. The Kier molecular flexibility index (Phi) is 4.01. The number of nitrogens with one attached hydrogen (secondary N) is 2. The van der Waals surface area contributed by atoms with Crippen LogP contribution in [-0.2, 0) is 11.3 Å². The number of fused-ring (bicyclic) bond motifs is 1. The highest BCUT2D eigenvalue weighted by atomic mass is 16.5. The van der Waals surface area contributed by atoms with Crippen LogP contribution in [0.3, 0.4) is 0 Å². The molecule has 1 amide bonds. The number of para-hydroxylation sites is 1. The third-order valence-electron chi connectivity index (χ3n) is 4.19. The van der Waals surface area contributed by atoms with Gasteiger partial charge in [0, 0.05) is 17.7 Å². The summed E-state index contributed by atoms with van der Waals surface area (Å²) in [4.78, 5) is 12.5. The van der Waals surface area contributed by atoms with Gasteiger partial charge in [0.05, 0.1) is 12.1 Å². The molecule has 24 heavy (non-hydrogen) atoms. The van der Waals surface area contributed by atoms with Crippen LogP contribution in [0.25, 0.3) is 10.9 Å². The summed E-state index contributed by atoms with van der Waals surface area (Å²) in [6.07, 6.45) is 2.57. The highest BCUT2D eigenvalue weighted by Gasteiger charge is 2.21. The molecule has 0 atom stereocenters. The minimum Gasteiger partial charge on any atom is -0.376 e. The largest absolute Gasteiger partial charge is 0.376 e. The zero-order valence-corrected chi connectivity index (χ0v) is 13.3. The van der Waals surface area contributed by atoms with E-state index in [4.69, 9.17) is 4.74 Å². The topological polar surface area (TPSA) is 67.0 Å². The monoisotopic (exact) mass is 321 g/mol. The summed E-state index contributed by atoms with van der Waals surface area (Å²) in [7, 11) is 0. The molecule has 1 saturated carbocycles. The second-order valence-corrected chi connectivity index (χ2v) is 6.23. The minimum atomic E-state index is -0.219. The lowest BCUT2D eigenvalue weighted by Gasteiger charge is -2.07. The number of aromatic nitrogens is 2. The van der Waals surface area contributed by atoms with Crippen molar-refractivity contribution in [1.82, 2.24) is 10.2 Å². The van der Waals surface area contributed by atoms with Crippen LogP contribution in [0, 0.1) is 5.92 Å². The SMILES string of the molecule is O=C(Nc1cccc(COCC2CC2)c1)c1n[nH]c2ccccc12. The number of ether oxygens (including phenoxy) is 1. The quantitative estimate of drug-likeness (QED) is 0.727. The molecule has 5 nitrogen and oxygen atoms in total. The average Bonchev–Trinajstić information content (AvgIpc) is 3.31. The van der Waals surface area contributed by atoms with Gasteiger partial charge in [-0.25, -0.2) is 0 Å². The van der Waals surface area contributed by atoms with Crippen LogP contribution in [0.4, 0.5) is 5.69 Å². The van der Waals surface area contributed by atoms with Crippen molar-refractivity contribution in [3.8, 4) is 0 Å². The second kappa shape index (κ2) is 6.45. The van der Waals surface area contributed by atoms with Crippen LogP contribution in [0.15, 0.2) is 48.5 Å². The maximum Gasteiger partial charge on any atom is 0.276 e. The molecule has 0 saturated heterocycles. The summed E-state index contributed by atoms with van der Waals surface area (Å²) in [6, 6.07) is 15.3. The minimum absolute atomic E-state index is 0.219. The fourth-order valence-corrected chi connectivity index (χ4v) is 2.69. The van der Waals surface area contributed by atoms with Gasteiger partial charge in [-0.3, -0.25) is 9.89 Å². The maximum atomic E-state index is 12.5. The Bertz CT molecular complexity index is 868. The molecule has 1 fully saturated rings. The summed E-state index contributed by atoms with van der Waals surface area (Å²) < 4.78 is 5.70. The lowest BCUT2D eigenvalue weighted by atomic mass is 10.2. The maximum absolute atomic E-state index is 12.5. The van der Waals surface area contributed by atoms with Gasteiger partial charge in [-0.05, 0) is 42.5 Å². The number of H-pyrrole nitrogens is 1. The van der Waals surface area contributed by atoms with E-state index in [0.29, 0.717) is 12.3 Å². The molecule has 3 aromatic rings. The molecule has 1 heterocycles. The predicted molar refractivity (Wildman–Crippen MR) is 92.9 cm³/mol. The van der Waals surface area contributed by atoms with Gasteiger partial charge < -0.3 is 10.1 Å². The van der Waals surface area contributed by atoms with E-state index < -0.39 is 0 Å². The second-order valence-electron chi connectivity index (χ2n) is 6.23. The molecule has 1 aromatic heterocycles. The Labute approximate surface area is 140 Å². The van der Waals surface area contributed by atoms with Gasteiger partial charge in [0.15, 0.2) is 5.69 Å². The molecule has 1 aliphatic rings. The Morgan fingerprint density at radius 3 is 2.96 bits per heavy atom. The van der Waals surface area contributed by atoms with E-state index in [0.717, 1.165) is 34.7 Å². The number of hydrogen-bond donors (Lipinski definition) is 2. The summed E-state index contributed by atoms with van der Waals surface area (Å²) in [6.45, 7) is 1.40. The Morgan fingerprint density at radius 2 is 2.08 bits per heavy atom. The zero-order valence-electron chi connectivity index (χ0n) is 13.3. The highest BCUT2D eigenvalue weighted by Crippen LogP contribution is 2.29. The van der Waals surface area contributed by atoms with Gasteiger partial charge in [0.2, 0.25) is 0 Å². The molecule has 1 aliphatic carbocycles. The van der Waals surface area contributed by atoms with Crippen LogP contribution in [-0.4, -0.2) is 22.7 Å². The van der Waals surface area contributed by atoms with Crippen molar-refractivity contribution in [1.29, 1.82) is 0 Å². The molecule has 122 valence electrons. The first-order chi connectivity index (χ1) is 11.8. The van der Waals surface area contributed by atoms with Crippen molar-refractivity contribution in [2.24, 2.45) is 5.92 Å². The third kappa shape index (κ3) is 3.31. The fourth-order valence-electron chi connectivity index (χ4n) is 2.69. The van der Waals surface area contributed by atoms with Crippen LogP contribution < -0.4 is 5.32 Å². The van der Waals surface area contributed by atoms with Gasteiger partial charge in [0.1, 0.15) is 0 Å². The van der Waals surface area contributed by atoms with Gasteiger partial charge in [0.25, 0.3) is 5.91 Å². The number of carbonyl (C=O) groups excluding carboxylic acids is 1. The lowest BCUT2D eigenvalue weighted by Crippen LogP contribution is -2.13. The molecule has 0 aliphatic heterocycles. The number of rotatable bonds is 6. The molecule has 0 bridgehead atoms. The summed E-state index contributed by atoms with van der Waals surface area (Å²) in [5.41, 5.74) is 3.06. The highest BCUT2D eigenvalue weighted by molar-refractivity contribution is 6.11. The van der Waals surface area contributed by atoms with Crippen LogP contribution in [0.2, 0.25) is 0 Å². The number of hydrogen-bond acceptors (Lipinski definition) is 3. The van der Waals surface area contributed by atoms with E-state index in [1.165, 1.54) is 12.8 Å². The van der Waals surface area contributed by atoms with Crippen molar-refractivity contribution < 1.29 is 9.53 Å². The van der Waals surface area contributed by atoms with E-state index in [9.17, 15) is 4.79 Å². The number of nitrogens with zero attached hydrogens (tertiary/aromatic N) is 1. The standard InChI is InChI=1S/C19H19N3O2/c23-19(18-16-6-1-2-7-17(16)21-22-18)20-15-5-3-4-14(10-15)12-24-11-13-8-9-13/h1-7,10,13H,8-9,11-12H2,(H,20,23)(H,21,22). The molecular weight excluding hydrogens is 302 g/mol. The van der Waals surface area contributed by atoms with E-state index >= 15 is 0 Å². The van der Waals surface area contributed by atoms with Crippen LogP contribution in [0.5, 0.6) is 0 Å². The van der Waals surface area contributed by atoms with Crippen molar-refractivity contribution in [3.05, 3.63) is 59.8 Å². The molecule has 4 rings (SSSR count). The number of anilines is 1. The van der Waals surface area contributed by atoms with Crippen LogP contribution in [0.1, 0.15) is 28.9 Å². The first-order valence-electron chi connectivity index (χ1n) is 8.21. The lowest BCUT2D eigenvalue weighted by molar-refractivity contribution is 0.102. The molecule has 5 heteroatoms. The predicted octanol–water partition coefficient (Wildman–Crippen LogP) is 3.74. The van der Waals surface area contributed by atoms with Gasteiger partial charge in [-0.1, -0.05) is 30.3 Å². The number of amides is 1. The molecule has 0 unspecified atom stereocenters. The van der Waals surface area contributed by atoms with E-state index in [-0.39, 0.29) is 5.91 Å². The molecular formula is C19H19N3O2. The summed E-state index contributed by atoms with van der Waals surface area (Å²) in [5, 5.41) is 10.7. The Morgan fingerprint density at radius 1 is 1.21 bits per heavy atom. The number of aromatic amines is 1. The fraction of sp³-hybridized carbons (Fsp3) is 0.263. The van der Waals surface area contributed by atoms with Gasteiger partial charge in [-0.2, -0.15) is 5.10 Å². The molecule has 0 spiro atoms. The molecule has 2 N–H and O–H groups in total. The number of carbonyl (C=O) groups is 1. The van der Waals surface area contributed by atoms with E-state index in [1.54, 1.807) is 0 Å². The molecule has 0 radical (unpaired) electrons. The van der Waals surface area contributed by atoms with Crippen molar-refractivity contribution in [3.63, 3.8) is 0 Å². The van der Waals surface area contributed by atoms with Crippen molar-refractivity contribution >= 4 is 22.5 Å². The Hall–Kier alpha value is -2.66. The van der Waals surface area contributed by atoms with Crippen molar-refractivity contribution in [2.75, 3.05) is 11.9 Å². The first kappa shape index (κ1) is 14.9. The van der Waals surface area contributed by atoms with Gasteiger partial charge in [-0.15, -0.1) is 0 Å². The zero-order chi connectivity index (χ0) is 16.4. The first-order valence-corrected chi connectivity index (χ1v) is 8.21. The smallest absolute Gasteiger partial charge is 0.276 e. The summed E-state index contributed by atoms with van der Waals surface area (Å²) >= 11 is 0. The van der Waals surface area contributed by atoms with Gasteiger partial charge >= 0.3 is 0 Å².